The maximum absolute atomic E-state index is 12.3. The smallest absolute Gasteiger partial charge is 0.396 e. The molecular formula is C15H27BN2O4. The molecule has 1 unspecified atom stereocenters. The Kier molecular flexibility index (Phi) is 4.60. The molecule has 4 atom stereocenters. The van der Waals surface area contributed by atoms with Gasteiger partial charge in [0.2, 0.25) is 0 Å². The summed E-state index contributed by atoms with van der Waals surface area (Å²) in [5, 5.41) is 0. The van der Waals surface area contributed by atoms with Crippen LogP contribution in [0, 0.1) is 11.3 Å². The third-order valence-corrected chi connectivity index (χ3v) is 4.51. The largest absolute Gasteiger partial charge is 0.461 e. The molecule has 0 aromatic carbocycles. The second-order valence-corrected chi connectivity index (χ2v) is 7.82. The van der Waals surface area contributed by atoms with Crippen LogP contribution >= 0.6 is 0 Å². The van der Waals surface area contributed by atoms with Gasteiger partial charge in [0.15, 0.2) is 12.2 Å². The van der Waals surface area contributed by atoms with Crippen LogP contribution in [0.3, 0.4) is 0 Å². The van der Waals surface area contributed by atoms with Gasteiger partial charge in [-0.15, -0.1) is 0 Å². The van der Waals surface area contributed by atoms with Gasteiger partial charge in [-0.3, -0.25) is 9.59 Å². The number of hydrogen-bond donors (Lipinski definition) is 0. The van der Waals surface area contributed by atoms with Crippen LogP contribution in [-0.2, 0) is 18.9 Å². The molecule has 6 nitrogen and oxygen atoms in total. The lowest BCUT2D eigenvalue weighted by atomic mass is 9.75. The first-order valence-electron chi connectivity index (χ1n) is 7.77. The lowest BCUT2D eigenvalue weighted by Gasteiger charge is -2.22. The van der Waals surface area contributed by atoms with Crippen molar-refractivity contribution in [1.82, 2.24) is 9.80 Å². The fourth-order valence-corrected chi connectivity index (χ4v) is 3.06. The van der Waals surface area contributed by atoms with Gasteiger partial charge in [-0.25, -0.2) is 0 Å². The highest BCUT2D eigenvalue weighted by Crippen LogP contribution is 2.58. The Morgan fingerprint density at radius 1 is 0.955 bits per heavy atom. The van der Waals surface area contributed by atoms with E-state index in [1.807, 2.05) is 0 Å². The predicted octanol–water partition coefficient (Wildman–Crippen LogP) is 0.871. The monoisotopic (exact) mass is 310 g/mol. The molecule has 124 valence electrons. The molecular weight excluding hydrogens is 283 g/mol. The fourth-order valence-electron chi connectivity index (χ4n) is 3.06. The van der Waals surface area contributed by atoms with Crippen molar-refractivity contribution in [1.29, 1.82) is 0 Å². The highest BCUT2D eigenvalue weighted by atomic mass is 16.7. The molecule has 1 saturated carbocycles. The average Bonchev–Trinajstić information content (AvgIpc) is 3.10. The van der Waals surface area contributed by atoms with E-state index in [4.69, 9.17) is 9.31 Å². The maximum Gasteiger partial charge on any atom is 0.461 e. The molecule has 1 saturated heterocycles. The van der Waals surface area contributed by atoms with Gasteiger partial charge in [0.05, 0.1) is 0 Å². The van der Waals surface area contributed by atoms with E-state index in [0.717, 1.165) is 6.42 Å². The molecule has 2 fully saturated rings. The molecule has 22 heavy (non-hydrogen) atoms. The normalized spacial score (nSPS) is 31.1. The van der Waals surface area contributed by atoms with Crippen LogP contribution in [-0.4, -0.2) is 69.1 Å². The van der Waals surface area contributed by atoms with Crippen LogP contribution in [0.25, 0.3) is 0 Å². The second kappa shape index (κ2) is 5.85. The van der Waals surface area contributed by atoms with Gasteiger partial charge in [-0.1, -0.05) is 20.8 Å². The zero-order valence-corrected chi connectivity index (χ0v) is 14.6. The van der Waals surface area contributed by atoms with Crippen LogP contribution in [0.5, 0.6) is 0 Å². The number of nitrogens with zero attached hydrogens (tertiary/aromatic N) is 2. The lowest BCUT2D eigenvalue weighted by Crippen LogP contribution is -2.47. The topological polar surface area (TPSA) is 59.1 Å². The minimum Gasteiger partial charge on any atom is -0.396 e. The number of likely N-dealkylation sites (N-methyl/N-ethyl adjacent to an activating group) is 2. The van der Waals surface area contributed by atoms with E-state index in [0.29, 0.717) is 5.92 Å². The quantitative estimate of drug-likeness (QED) is 0.726. The van der Waals surface area contributed by atoms with Crippen molar-refractivity contribution in [3.8, 4) is 0 Å². The maximum atomic E-state index is 12.3. The Morgan fingerprint density at radius 3 is 1.64 bits per heavy atom. The first-order chi connectivity index (χ1) is 10.0. The van der Waals surface area contributed by atoms with Crippen LogP contribution in [0.15, 0.2) is 0 Å². The van der Waals surface area contributed by atoms with Gasteiger partial charge >= 0.3 is 7.12 Å². The summed E-state index contributed by atoms with van der Waals surface area (Å²) in [5.74, 6) is 0.310. The van der Waals surface area contributed by atoms with Gasteiger partial charge in [0, 0.05) is 28.2 Å². The highest BCUT2D eigenvalue weighted by molar-refractivity contribution is 6.49. The number of carbonyl (C=O) groups is 2. The molecule has 1 heterocycles. The summed E-state index contributed by atoms with van der Waals surface area (Å²) in [4.78, 5) is 27.5. The van der Waals surface area contributed by atoms with Gasteiger partial charge in [0.1, 0.15) is 0 Å². The molecule has 0 aromatic rings. The Balaban J connectivity index is 2.12. The molecule has 7 heteroatoms. The van der Waals surface area contributed by atoms with E-state index < -0.39 is 19.3 Å². The van der Waals surface area contributed by atoms with Crippen LogP contribution in [0.4, 0.5) is 0 Å². The van der Waals surface area contributed by atoms with Crippen LogP contribution in [0.2, 0.25) is 5.82 Å². The van der Waals surface area contributed by atoms with Crippen molar-refractivity contribution < 1.29 is 18.9 Å². The Morgan fingerprint density at radius 2 is 1.36 bits per heavy atom. The third-order valence-electron chi connectivity index (χ3n) is 4.51. The summed E-state index contributed by atoms with van der Waals surface area (Å²) in [6, 6.07) is 0. The van der Waals surface area contributed by atoms with Crippen LogP contribution < -0.4 is 0 Å². The standard InChI is InChI=1S/C15H27BN2O4/c1-15(2,3)9-8-10(9)16-21-11(13(19)17(4)5)12(22-16)14(20)18(6)7/h9-12H,8H2,1-7H3/t9?,10-,11+,12+/m1/s1. The van der Waals surface area contributed by atoms with E-state index >= 15 is 0 Å². The first-order valence-corrected chi connectivity index (χ1v) is 7.77. The number of hydrogen-bond acceptors (Lipinski definition) is 4. The van der Waals surface area contributed by atoms with Gasteiger partial charge < -0.3 is 19.1 Å². The SMILES string of the molecule is CN(C)C(=O)[C@H]1OB([C@@H]2CC2C(C)(C)C)O[C@@H]1C(=O)N(C)C. The van der Waals surface area contributed by atoms with Crippen molar-refractivity contribution >= 4 is 18.9 Å². The zero-order chi connectivity index (χ0) is 16.8. The molecule has 1 aliphatic heterocycles. The van der Waals surface area contributed by atoms with Crippen molar-refractivity contribution in [3.05, 3.63) is 0 Å². The van der Waals surface area contributed by atoms with Crippen molar-refractivity contribution in [2.75, 3.05) is 28.2 Å². The van der Waals surface area contributed by atoms with Crippen molar-refractivity contribution in [3.63, 3.8) is 0 Å². The van der Waals surface area contributed by atoms with E-state index in [1.54, 1.807) is 28.2 Å². The minimum absolute atomic E-state index is 0.183. The number of carbonyl (C=O) groups excluding carboxylic acids is 2. The number of amides is 2. The Hall–Kier alpha value is -1.08. The molecule has 0 N–H and O–H groups in total. The summed E-state index contributed by atoms with van der Waals surface area (Å²) in [7, 11) is 6.17. The Labute approximate surface area is 133 Å². The summed E-state index contributed by atoms with van der Waals surface area (Å²) >= 11 is 0. The van der Waals surface area contributed by atoms with E-state index in [9.17, 15) is 9.59 Å². The van der Waals surface area contributed by atoms with E-state index in [1.165, 1.54) is 9.80 Å². The molecule has 2 amide bonds. The summed E-state index contributed by atoms with van der Waals surface area (Å²) in [5.41, 5.74) is 0.183. The fraction of sp³-hybridized carbons (Fsp3) is 0.867. The minimum atomic E-state index is -0.851. The summed E-state index contributed by atoms with van der Waals surface area (Å²) in [6.45, 7) is 6.58. The lowest BCUT2D eigenvalue weighted by molar-refractivity contribution is -0.146. The Bertz CT molecular complexity index is 433. The molecule has 0 radical (unpaired) electrons. The molecule has 2 rings (SSSR count). The summed E-state index contributed by atoms with van der Waals surface area (Å²) in [6.07, 6.45) is -0.688. The van der Waals surface area contributed by atoms with Gasteiger partial charge in [-0.2, -0.15) is 0 Å². The van der Waals surface area contributed by atoms with Crippen molar-refractivity contribution in [2.45, 2.75) is 45.2 Å². The second-order valence-electron chi connectivity index (χ2n) is 7.82. The molecule has 2 aliphatic rings. The zero-order valence-electron chi connectivity index (χ0n) is 14.6. The van der Waals surface area contributed by atoms with Gasteiger partial charge in [-0.05, 0) is 23.6 Å². The third kappa shape index (κ3) is 3.30. The molecule has 0 spiro atoms. The predicted molar refractivity (Wildman–Crippen MR) is 84.2 cm³/mol. The van der Waals surface area contributed by atoms with Crippen LogP contribution in [0.1, 0.15) is 27.2 Å². The van der Waals surface area contributed by atoms with E-state index in [-0.39, 0.29) is 23.0 Å². The van der Waals surface area contributed by atoms with Crippen molar-refractivity contribution in [2.24, 2.45) is 11.3 Å². The molecule has 0 aromatic heterocycles. The first kappa shape index (κ1) is 17.3. The highest BCUT2D eigenvalue weighted by Gasteiger charge is 2.60. The summed E-state index contributed by atoms with van der Waals surface area (Å²) < 4.78 is 11.7. The molecule has 1 aliphatic carbocycles. The molecule has 0 bridgehead atoms. The van der Waals surface area contributed by atoms with Gasteiger partial charge in [0.25, 0.3) is 11.8 Å². The van der Waals surface area contributed by atoms with E-state index in [2.05, 4.69) is 20.8 Å². The average molecular weight is 310 g/mol. The number of rotatable bonds is 3.